The van der Waals surface area contributed by atoms with E-state index < -0.39 is 0 Å². The average molecular weight is 332 g/mol. The molecule has 1 aliphatic rings. The zero-order valence-corrected chi connectivity index (χ0v) is 14.8. The van der Waals surface area contributed by atoms with E-state index in [0.29, 0.717) is 16.9 Å². The van der Waals surface area contributed by atoms with E-state index in [1.54, 1.807) is 0 Å². The molecule has 7 heteroatoms. The third kappa shape index (κ3) is 3.79. The second-order valence-corrected chi connectivity index (χ2v) is 7.61. The highest BCUT2D eigenvalue weighted by atomic mass is 32.1. The van der Waals surface area contributed by atoms with Crippen LogP contribution >= 0.6 is 11.3 Å². The van der Waals surface area contributed by atoms with Crippen molar-refractivity contribution in [2.75, 3.05) is 43.4 Å². The largest absolute Gasteiger partial charge is 0.375 e. The van der Waals surface area contributed by atoms with Crippen LogP contribution in [0.2, 0.25) is 0 Å². The van der Waals surface area contributed by atoms with Crippen molar-refractivity contribution in [3.63, 3.8) is 0 Å². The molecule has 0 aromatic carbocycles. The lowest BCUT2D eigenvalue weighted by atomic mass is 10.2. The van der Waals surface area contributed by atoms with Gasteiger partial charge >= 0.3 is 0 Å². The summed E-state index contributed by atoms with van der Waals surface area (Å²) >= 11 is 1.48. The molecule has 3 rings (SSSR count). The number of nitrogens with two attached hydrogens (primary N) is 1. The van der Waals surface area contributed by atoms with Gasteiger partial charge in [-0.25, -0.2) is 15.0 Å². The zero-order chi connectivity index (χ0) is 16.4. The van der Waals surface area contributed by atoms with Gasteiger partial charge in [0.05, 0.1) is 0 Å². The van der Waals surface area contributed by atoms with Crippen LogP contribution in [0.3, 0.4) is 0 Å². The molecule has 0 unspecified atom stereocenters. The maximum Gasteiger partial charge on any atom is 0.181 e. The summed E-state index contributed by atoms with van der Waals surface area (Å²) in [5.74, 6) is 2.35. The van der Waals surface area contributed by atoms with Crippen LogP contribution in [-0.2, 0) is 0 Å². The smallest absolute Gasteiger partial charge is 0.181 e. The van der Waals surface area contributed by atoms with Crippen molar-refractivity contribution in [2.24, 2.45) is 5.92 Å². The fraction of sp³-hybridized carbons (Fsp3) is 0.562. The Morgan fingerprint density at radius 3 is 2.57 bits per heavy atom. The summed E-state index contributed by atoms with van der Waals surface area (Å²) < 4.78 is 0. The van der Waals surface area contributed by atoms with Crippen molar-refractivity contribution in [3.05, 3.63) is 17.1 Å². The molecule has 3 heterocycles. The zero-order valence-electron chi connectivity index (χ0n) is 14.0. The van der Waals surface area contributed by atoms with Gasteiger partial charge in [-0.1, -0.05) is 13.8 Å². The minimum atomic E-state index is 0.564. The predicted molar refractivity (Wildman–Crippen MR) is 95.8 cm³/mol. The van der Waals surface area contributed by atoms with Crippen LogP contribution < -0.4 is 10.6 Å². The molecule has 0 bridgehead atoms. The van der Waals surface area contributed by atoms with Crippen LogP contribution in [0.4, 0.5) is 10.9 Å². The Bertz CT molecular complexity index is 660. The Kier molecular flexibility index (Phi) is 4.77. The van der Waals surface area contributed by atoms with Crippen LogP contribution in [0.5, 0.6) is 0 Å². The number of thiazole rings is 1. The summed E-state index contributed by atoms with van der Waals surface area (Å²) in [5.41, 5.74) is 6.59. The van der Waals surface area contributed by atoms with E-state index in [1.165, 1.54) is 17.9 Å². The molecule has 124 valence electrons. The molecule has 2 aromatic heterocycles. The van der Waals surface area contributed by atoms with Crippen molar-refractivity contribution in [1.29, 1.82) is 0 Å². The molecular formula is C16H24N6S. The van der Waals surface area contributed by atoms with Crippen LogP contribution in [0, 0.1) is 12.8 Å². The van der Waals surface area contributed by atoms with Gasteiger partial charge in [0.15, 0.2) is 11.0 Å². The molecule has 0 saturated carbocycles. The van der Waals surface area contributed by atoms with Gasteiger partial charge in [0, 0.05) is 43.8 Å². The van der Waals surface area contributed by atoms with Crippen molar-refractivity contribution in [3.8, 4) is 11.5 Å². The van der Waals surface area contributed by atoms with Crippen molar-refractivity contribution in [1.82, 2.24) is 19.9 Å². The molecule has 1 aliphatic heterocycles. The van der Waals surface area contributed by atoms with E-state index in [-0.39, 0.29) is 0 Å². The first kappa shape index (κ1) is 16.1. The fourth-order valence-corrected chi connectivity index (χ4v) is 3.62. The van der Waals surface area contributed by atoms with Gasteiger partial charge in [0.2, 0.25) is 0 Å². The van der Waals surface area contributed by atoms with E-state index in [1.807, 2.05) is 19.2 Å². The lowest BCUT2D eigenvalue weighted by Gasteiger charge is -2.36. The quantitative estimate of drug-likeness (QED) is 0.926. The summed E-state index contributed by atoms with van der Waals surface area (Å²) in [6.45, 7) is 11.9. The standard InChI is InChI=1S/C16H24N6S/c1-11(2)10-21-6-8-22(9-7-21)13-4-5-18-15(19-13)14-12(3)23-16(17)20-14/h4-5,11H,6-10H2,1-3H3,(H2,17,20). The van der Waals surface area contributed by atoms with Crippen molar-refractivity contribution >= 4 is 22.3 Å². The summed E-state index contributed by atoms with van der Waals surface area (Å²) in [7, 11) is 0. The normalized spacial score (nSPS) is 16.3. The Hall–Kier alpha value is -1.73. The van der Waals surface area contributed by atoms with Crippen molar-refractivity contribution < 1.29 is 0 Å². The molecule has 2 N–H and O–H groups in total. The minimum Gasteiger partial charge on any atom is -0.375 e. The summed E-state index contributed by atoms with van der Waals surface area (Å²) in [4.78, 5) is 19.3. The third-order valence-corrected chi connectivity index (χ3v) is 4.79. The molecule has 23 heavy (non-hydrogen) atoms. The lowest BCUT2D eigenvalue weighted by molar-refractivity contribution is 0.231. The Labute approximate surface area is 141 Å². The molecule has 0 amide bonds. The number of rotatable bonds is 4. The Balaban J connectivity index is 1.73. The van der Waals surface area contributed by atoms with Gasteiger partial charge in [-0.15, -0.1) is 11.3 Å². The second kappa shape index (κ2) is 6.80. The van der Waals surface area contributed by atoms with E-state index >= 15 is 0 Å². The first-order valence-corrected chi connectivity index (χ1v) is 8.88. The number of nitrogen functional groups attached to an aromatic ring is 1. The maximum absolute atomic E-state index is 5.79. The number of nitrogens with zero attached hydrogens (tertiary/aromatic N) is 5. The lowest BCUT2D eigenvalue weighted by Crippen LogP contribution is -2.47. The van der Waals surface area contributed by atoms with Gasteiger partial charge in [0.1, 0.15) is 11.5 Å². The van der Waals surface area contributed by atoms with E-state index in [2.05, 4.69) is 33.6 Å². The highest BCUT2D eigenvalue weighted by Crippen LogP contribution is 2.27. The van der Waals surface area contributed by atoms with Crippen LogP contribution in [0.15, 0.2) is 12.3 Å². The summed E-state index contributed by atoms with van der Waals surface area (Å²) in [6.07, 6.45) is 1.81. The highest BCUT2D eigenvalue weighted by molar-refractivity contribution is 7.15. The number of anilines is 2. The van der Waals surface area contributed by atoms with Crippen LogP contribution in [0.1, 0.15) is 18.7 Å². The number of aromatic nitrogens is 3. The highest BCUT2D eigenvalue weighted by Gasteiger charge is 2.20. The van der Waals surface area contributed by atoms with E-state index in [0.717, 1.165) is 42.6 Å². The minimum absolute atomic E-state index is 0.564. The Morgan fingerprint density at radius 1 is 1.22 bits per heavy atom. The molecule has 1 fully saturated rings. The molecule has 0 radical (unpaired) electrons. The number of piperazine rings is 1. The van der Waals surface area contributed by atoms with E-state index in [9.17, 15) is 0 Å². The average Bonchev–Trinajstić information content (AvgIpc) is 2.86. The van der Waals surface area contributed by atoms with Crippen LogP contribution in [-0.4, -0.2) is 52.6 Å². The molecule has 1 saturated heterocycles. The van der Waals surface area contributed by atoms with Gasteiger partial charge in [-0.3, -0.25) is 4.90 Å². The third-order valence-electron chi connectivity index (χ3n) is 3.99. The molecule has 0 aliphatic carbocycles. The second-order valence-electron chi connectivity index (χ2n) is 6.38. The fourth-order valence-electron chi connectivity index (χ4n) is 2.94. The number of hydrogen-bond acceptors (Lipinski definition) is 7. The molecule has 0 atom stereocenters. The number of hydrogen-bond donors (Lipinski definition) is 1. The van der Waals surface area contributed by atoms with E-state index in [4.69, 9.17) is 10.7 Å². The number of aryl methyl sites for hydroxylation is 1. The Morgan fingerprint density at radius 2 is 1.96 bits per heavy atom. The molecule has 6 nitrogen and oxygen atoms in total. The van der Waals surface area contributed by atoms with Gasteiger partial charge in [-0.2, -0.15) is 0 Å². The summed E-state index contributed by atoms with van der Waals surface area (Å²) in [5, 5.41) is 0.564. The monoisotopic (exact) mass is 332 g/mol. The first-order chi connectivity index (χ1) is 11.0. The first-order valence-electron chi connectivity index (χ1n) is 8.06. The topological polar surface area (TPSA) is 71.2 Å². The predicted octanol–water partition coefficient (Wildman–Crippen LogP) is 2.27. The summed E-state index contributed by atoms with van der Waals surface area (Å²) in [6, 6.07) is 1.98. The molecule has 0 spiro atoms. The maximum atomic E-state index is 5.79. The van der Waals surface area contributed by atoms with Gasteiger partial charge in [-0.05, 0) is 18.9 Å². The van der Waals surface area contributed by atoms with Gasteiger partial charge < -0.3 is 10.6 Å². The van der Waals surface area contributed by atoms with Crippen LogP contribution in [0.25, 0.3) is 11.5 Å². The van der Waals surface area contributed by atoms with Gasteiger partial charge in [0.25, 0.3) is 0 Å². The SMILES string of the molecule is Cc1sc(N)nc1-c1nccc(N2CCN(CC(C)C)CC2)n1. The molecular weight excluding hydrogens is 308 g/mol. The molecule has 2 aromatic rings. The van der Waals surface area contributed by atoms with Crippen molar-refractivity contribution in [2.45, 2.75) is 20.8 Å².